The van der Waals surface area contributed by atoms with E-state index in [9.17, 15) is 9.90 Å². The monoisotopic (exact) mass is 270 g/mol. The van der Waals surface area contributed by atoms with E-state index in [1.807, 2.05) is 0 Å². The molecule has 1 N–H and O–H groups in total. The molecule has 2 rings (SSSR count). The second-order valence-electron chi connectivity index (χ2n) is 4.12. The molecule has 0 aromatic heterocycles. The third kappa shape index (κ3) is 2.60. The van der Waals surface area contributed by atoms with Gasteiger partial charge in [-0.05, 0) is 31.5 Å². The fraction of sp³-hybridized carbons (Fsp3) is 0.462. The zero-order valence-electron chi connectivity index (χ0n) is 10.1. The van der Waals surface area contributed by atoms with Crippen LogP contribution in [0.5, 0.6) is 5.75 Å². The highest BCUT2D eigenvalue weighted by atomic mass is 35.5. The van der Waals surface area contributed by atoms with Gasteiger partial charge >= 0.3 is 5.97 Å². The highest BCUT2D eigenvalue weighted by molar-refractivity contribution is 6.30. The number of hydrogen-bond acceptors (Lipinski definition) is 4. The molecular formula is C13H15ClO4. The topological polar surface area (TPSA) is 55.8 Å². The summed E-state index contributed by atoms with van der Waals surface area (Å²) < 4.78 is 10.5. The average molecular weight is 271 g/mol. The second kappa shape index (κ2) is 5.59. The van der Waals surface area contributed by atoms with Crippen molar-refractivity contribution in [2.24, 2.45) is 5.92 Å². The van der Waals surface area contributed by atoms with E-state index in [0.29, 0.717) is 36.0 Å². The molecule has 1 aromatic carbocycles. The third-order valence-corrected chi connectivity index (χ3v) is 3.18. The molecule has 0 spiro atoms. The van der Waals surface area contributed by atoms with Gasteiger partial charge in [0.05, 0.1) is 25.2 Å². The number of aliphatic hydroxyl groups is 1. The number of ether oxygens (including phenoxy) is 2. The van der Waals surface area contributed by atoms with Crippen LogP contribution >= 0.6 is 11.6 Å². The van der Waals surface area contributed by atoms with Crippen LogP contribution in [0.2, 0.25) is 5.02 Å². The van der Waals surface area contributed by atoms with Gasteiger partial charge in [0.2, 0.25) is 0 Å². The zero-order chi connectivity index (χ0) is 13.1. The summed E-state index contributed by atoms with van der Waals surface area (Å²) in [6, 6.07) is 5.02. The summed E-state index contributed by atoms with van der Waals surface area (Å²) in [4.78, 5) is 11.8. The van der Waals surface area contributed by atoms with Crippen molar-refractivity contribution in [3.05, 3.63) is 28.8 Å². The van der Waals surface area contributed by atoms with Crippen LogP contribution in [0.25, 0.3) is 0 Å². The predicted molar refractivity (Wildman–Crippen MR) is 66.6 cm³/mol. The Morgan fingerprint density at radius 1 is 1.61 bits per heavy atom. The number of hydrogen-bond donors (Lipinski definition) is 1. The zero-order valence-corrected chi connectivity index (χ0v) is 10.8. The van der Waals surface area contributed by atoms with E-state index in [1.165, 1.54) is 0 Å². The molecule has 1 aromatic rings. The summed E-state index contributed by atoms with van der Waals surface area (Å²) in [5, 5.41) is 10.8. The number of benzene rings is 1. The molecule has 4 nitrogen and oxygen atoms in total. The van der Waals surface area contributed by atoms with Crippen molar-refractivity contribution in [3.8, 4) is 5.75 Å². The number of halogens is 1. The Morgan fingerprint density at radius 2 is 2.39 bits per heavy atom. The molecule has 0 amide bonds. The molecule has 1 heterocycles. The molecule has 0 saturated heterocycles. The molecule has 0 aliphatic carbocycles. The van der Waals surface area contributed by atoms with E-state index in [4.69, 9.17) is 21.1 Å². The molecule has 18 heavy (non-hydrogen) atoms. The maximum absolute atomic E-state index is 11.8. The first-order chi connectivity index (χ1) is 8.63. The van der Waals surface area contributed by atoms with Crippen LogP contribution in [0.3, 0.4) is 0 Å². The molecular weight excluding hydrogens is 256 g/mol. The number of carbonyl (C=O) groups is 1. The quantitative estimate of drug-likeness (QED) is 0.838. The summed E-state index contributed by atoms with van der Waals surface area (Å²) in [6.07, 6.45) is -0.521. The van der Waals surface area contributed by atoms with Gasteiger partial charge < -0.3 is 14.6 Å². The van der Waals surface area contributed by atoms with Crippen LogP contribution in [0.4, 0.5) is 0 Å². The SMILES string of the molecule is CCOC(=O)C1CCOc2ccc(Cl)cc2C1O. The first kappa shape index (κ1) is 13.2. The predicted octanol–water partition coefficient (Wildman–Crippen LogP) is 2.34. The fourth-order valence-corrected chi connectivity index (χ4v) is 2.23. The first-order valence-corrected chi connectivity index (χ1v) is 6.28. The summed E-state index contributed by atoms with van der Waals surface area (Å²) in [6.45, 7) is 2.41. The van der Waals surface area contributed by atoms with Crippen molar-refractivity contribution < 1.29 is 19.4 Å². The maximum atomic E-state index is 11.8. The largest absolute Gasteiger partial charge is 0.493 e. The summed E-state index contributed by atoms with van der Waals surface area (Å²) >= 11 is 5.90. The normalized spacial score (nSPS) is 22.6. The molecule has 2 unspecified atom stereocenters. The van der Waals surface area contributed by atoms with E-state index < -0.39 is 18.0 Å². The van der Waals surface area contributed by atoms with Gasteiger partial charge in [0, 0.05) is 10.6 Å². The lowest BCUT2D eigenvalue weighted by Crippen LogP contribution is -2.24. The van der Waals surface area contributed by atoms with Crippen molar-refractivity contribution in [1.82, 2.24) is 0 Å². The molecule has 0 bridgehead atoms. The lowest BCUT2D eigenvalue weighted by atomic mass is 9.93. The van der Waals surface area contributed by atoms with Crippen molar-refractivity contribution in [1.29, 1.82) is 0 Å². The average Bonchev–Trinajstić information content (AvgIpc) is 2.50. The highest BCUT2D eigenvalue weighted by Crippen LogP contribution is 2.37. The molecule has 5 heteroatoms. The van der Waals surface area contributed by atoms with Gasteiger partial charge in [-0.15, -0.1) is 0 Å². The van der Waals surface area contributed by atoms with Gasteiger partial charge in [-0.2, -0.15) is 0 Å². The van der Waals surface area contributed by atoms with Crippen molar-refractivity contribution in [3.63, 3.8) is 0 Å². The minimum Gasteiger partial charge on any atom is -0.493 e. The molecule has 98 valence electrons. The lowest BCUT2D eigenvalue weighted by molar-refractivity contribution is -0.152. The van der Waals surface area contributed by atoms with Crippen molar-refractivity contribution >= 4 is 17.6 Å². The lowest BCUT2D eigenvalue weighted by Gasteiger charge is -2.18. The molecule has 0 radical (unpaired) electrons. The van der Waals surface area contributed by atoms with Crippen LogP contribution < -0.4 is 4.74 Å². The standard InChI is InChI=1S/C13H15ClO4/c1-2-17-13(16)9-5-6-18-11-4-3-8(14)7-10(11)12(9)15/h3-4,7,9,12,15H,2,5-6H2,1H3. The van der Waals surface area contributed by atoms with Crippen LogP contribution in [-0.4, -0.2) is 24.3 Å². The first-order valence-electron chi connectivity index (χ1n) is 5.90. The van der Waals surface area contributed by atoms with Crippen molar-refractivity contribution in [2.45, 2.75) is 19.4 Å². The van der Waals surface area contributed by atoms with E-state index in [2.05, 4.69) is 0 Å². The summed E-state index contributed by atoms with van der Waals surface area (Å²) in [7, 11) is 0. The Morgan fingerprint density at radius 3 is 3.11 bits per heavy atom. The molecule has 1 aliphatic rings. The van der Waals surface area contributed by atoms with Gasteiger partial charge in [-0.25, -0.2) is 0 Å². The fourth-order valence-electron chi connectivity index (χ4n) is 2.05. The number of fused-ring (bicyclic) bond motifs is 1. The molecule has 1 aliphatic heterocycles. The van der Waals surface area contributed by atoms with E-state index in [-0.39, 0.29) is 0 Å². The van der Waals surface area contributed by atoms with E-state index >= 15 is 0 Å². The van der Waals surface area contributed by atoms with Gasteiger partial charge in [0.25, 0.3) is 0 Å². The van der Waals surface area contributed by atoms with E-state index in [1.54, 1.807) is 25.1 Å². The van der Waals surface area contributed by atoms with Crippen LogP contribution in [0.1, 0.15) is 25.0 Å². The minimum absolute atomic E-state index is 0.297. The minimum atomic E-state index is -0.944. The molecule has 0 fully saturated rings. The van der Waals surface area contributed by atoms with Gasteiger partial charge in [-0.1, -0.05) is 11.6 Å². The van der Waals surface area contributed by atoms with Crippen LogP contribution in [0, 0.1) is 5.92 Å². The highest BCUT2D eigenvalue weighted by Gasteiger charge is 2.33. The number of carbonyl (C=O) groups excluding carboxylic acids is 1. The van der Waals surface area contributed by atoms with Crippen LogP contribution in [-0.2, 0) is 9.53 Å². The van der Waals surface area contributed by atoms with Gasteiger partial charge in [0.1, 0.15) is 5.75 Å². The Bertz CT molecular complexity index is 447. The molecule has 2 atom stereocenters. The number of esters is 1. The number of aliphatic hydroxyl groups excluding tert-OH is 1. The summed E-state index contributed by atoms with van der Waals surface area (Å²) in [5.74, 6) is -0.440. The Hall–Kier alpha value is -1.26. The van der Waals surface area contributed by atoms with Crippen LogP contribution in [0.15, 0.2) is 18.2 Å². The van der Waals surface area contributed by atoms with Crippen molar-refractivity contribution in [2.75, 3.05) is 13.2 Å². The van der Waals surface area contributed by atoms with E-state index in [0.717, 1.165) is 0 Å². The summed E-state index contributed by atoms with van der Waals surface area (Å²) in [5.41, 5.74) is 0.540. The number of rotatable bonds is 2. The smallest absolute Gasteiger partial charge is 0.312 e. The Labute approximate surface area is 110 Å². The third-order valence-electron chi connectivity index (χ3n) is 2.95. The Balaban J connectivity index is 2.30. The van der Waals surface area contributed by atoms with Gasteiger partial charge in [0.15, 0.2) is 0 Å². The Kier molecular flexibility index (Phi) is 4.09. The maximum Gasteiger partial charge on any atom is 0.312 e. The van der Waals surface area contributed by atoms with Gasteiger partial charge in [-0.3, -0.25) is 4.79 Å². The molecule has 0 saturated carbocycles. The second-order valence-corrected chi connectivity index (χ2v) is 4.56.